The SMILES string of the molecule is O.O=C([O-])CN(CCN(CC(=O)[O-])CC(=O)[O-])CC(=O)[O-].[Cu+2].[Na+]. The Balaban J connectivity index is -0.000000602. The molecule has 0 bridgehead atoms. The number of carboxylic acid groups (broad SMARTS) is 4. The Labute approximate surface area is 164 Å². The third-order valence-corrected chi connectivity index (χ3v) is 2.14. The summed E-state index contributed by atoms with van der Waals surface area (Å²) in [6.45, 7) is -3.25. The van der Waals surface area contributed by atoms with Crippen LogP contribution in [0.5, 0.6) is 0 Å². The standard InChI is InChI=1S/C10H16N2O8.Cu.Na.H2O/c13-7(14)3-11(4-8(15)16)1-2-12(5-9(17)18)6-10(19)20;;;/h1-6H2,(H,13,14)(H,15,16)(H,17,18)(H,19,20);;;1H2/q;+2;+1;/p-4. The molecule has 0 saturated heterocycles. The topological polar surface area (TPSA) is 198 Å². The zero-order valence-electron chi connectivity index (χ0n) is 12.2. The summed E-state index contributed by atoms with van der Waals surface area (Å²) in [4.78, 5) is 43.4. The molecular formula is C10H14CuN2NaO9-. The Morgan fingerprint density at radius 2 is 0.783 bits per heavy atom. The maximum Gasteiger partial charge on any atom is 2.00 e. The fourth-order valence-corrected chi connectivity index (χ4v) is 1.44. The number of hydrogen-bond acceptors (Lipinski definition) is 10. The minimum Gasteiger partial charge on any atom is -0.549 e. The van der Waals surface area contributed by atoms with Crippen LogP contribution in [0.2, 0.25) is 0 Å². The van der Waals surface area contributed by atoms with Crippen molar-refractivity contribution in [3.63, 3.8) is 0 Å². The Kier molecular flexibility index (Phi) is 21.2. The number of carbonyl (C=O) groups is 4. The molecule has 0 amide bonds. The third-order valence-electron chi connectivity index (χ3n) is 2.14. The molecule has 0 aliphatic heterocycles. The molecule has 1 radical (unpaired) electrons. The van der Waals surface area contributed by atoms with E-state index in [0.717, 1.165) is 9.80 Å². The summed E-state index contributed by atoms with van der Waals surface area (Å²) in [6.07, 6.45) is 0. The summed E-state index contributed by atoms with van der Waals surface area (Å²) in [5.74, 6) is -6.12. The monoisotopic (exact) mass is 392 g/mol. The van der Waals surface area contributed by atoms with Gasteiger partial charge < -0.3 is 45.1 Å². The first-order chi connectivity index (χ1) is 9.20. The Morgan fingerprint density at radius 3 is 0.913 bits per heavy atom. The van der Waals surface area contributed by atoms with Crippen LogP contribution in [0, 0.1) is 0 Å². The molecule has 23 heavy (non-hydrogen) atoms. The van der Waals surface area contributed by atoms with Gasteiger partial charge >= 0.3 is 46.6 Å². The molecule has 11 nitrogen and oxygen atoms in total. The summed E-state index contributed by atoms with van der Waals surface area (Å²) in [5, 5.41) is 41.6. The predicted octanol–water partition coefficient (Wildman–Crippen LogP) is -11.2. The van der Waals surface area contributed by atoms with E-state index in [4.69, 9.17) is 0 Å². The summed E-state index contributed by atoms with van der Waals surface area (Å²) < 4.78 is 0. The van der Waals surface area contributed by atoms with Crippen molar-refractivity contribution in [2.24, 2.45) is 0 Å². The average molecular weight is 393 g/mol. The second-order valence-electron chi connectivity index (χ2n) is 3.91. The van der Waals surface area contributed by atoms with Gasteiger partial charge in [-0.3, -0.25) is 9.80 Å². The molecule has 0 rings (SSSR count). The van der Waals surface area contributed by atoms with Crippen LogP contribution in [0.3, 0.4) is 0 Å². The molecule has 2 N–H and O–H groups in total. The van der Waals surface area contributed by atoms with Gasteiger partial charge in [-0.05, 0) is 0 Å². The number of nitrogens with zero attached hydrogens (tertiary/aromatic N) is 2. The number of aliphatic carboxylic acids is 4. The van der Waals surface area contributed by atoms with E-state index < -0.39 is 50.1 Å². The Morgan fingerprint density at radius 1 is 0.609 bits per heavy atom. The second-order valence-corrected chi connectivity index (χ2v) is 3.91. The second kappa shape index (κ2) is 16.1. The van der Waals surface area contributed by atoms with E-state index in [1.165, 1.54) is 0 Å². The molecule has 0 aromatic heterocycles. The minimum atomic E-state index is -1.53. The van der Waals surface area contributed by atoms with Gasteiger partial charge in [0.15, 0.2) is 0 Å². The van der Waals surface area contributed by atoms with Gasteiger partial charge in [0, 0.05) is 39.3 Å². The van der Waals surface area contributed by atoms with Crippen LogP contribution in [0.15, 0.2) is 0 Å². The van der Waals surface area contributed by atoms with E-state index in [2.05, 4.69) is 0 Å². The van der Waals surface area contributed by atoms with Crippen LogP contribution in [0.1, 0.15) is 0 Å². The largest absolute Gasteiger partial charge is 2.00 e. The van der Waals surface area contributed by atoms with E-state index >= 15 is 0 Å². The molecule has 0 aliphatic carbocycles. The number of hydrogen-bond donors (Lipinski definition) is 0. The van der Waals surface area contributed by atoms with Gasteiger partial charge in [-0.25, -0.2) is 0 Å². The van der Waals surface area contributed by atoms with E-state index in [1.54, 1.807) is 0 Å². The maximum absolute atomic E-state index is 10.4. The van der Waals surface area contributed by atoms with E-state index in [0.29, 0.717) is 0 Å². The zero-order chi connectivity index (χ0) is 15.7. The van der Waals surface area contributed by atoms with Crippen LogP contribution in [-0.2, 0) is 36.2 Å². The van der Waals surface area contributed by atoms with Crippen molar-refractivity contribution in [2.45, 2.75) is 0 Å². The molecule has 13 heteroatoms. The number of rotatable bonds is 11. The van der Waals surface area contributed by atoms with Gasteiger partial charge in [0.25, 0.3) is 0 Å². The fraction of sp³-hybridized carbons (Fsp3) is 0.600. The molecular weight excluding hydrogens is 379 g/mol. The molecule has 0 saturated carbocycles. The van der Waals surface area contributed by atoms with Crippen LogP contribution in [0.4, 0.5) is 0 Å². The number of carbonyl (C=O) groups excluding carboxylic acids is 4. The van der Waals surface area contributed by atoms with Crippen molar-refractivity contribution in [1.29, 1.82) is 0 Å². The summed E-state index contributed by atoms with van der Waals surface area (Å²) >= 11 is 0. The minimum absolute atomic E-state index is 0. The van der Waals surface area contributed by atoms with Crippen LogP contribution in [-0.4, -0.2) is 78.4 Å². The van der Waals surface area contributed by atoms with Crippen molar-refractivity contribution in [1.82, 2.24) is 9.80 Å². The van der Waals surface area contributed by atoms with Gasteiger partial charge in [0.1, 0.15) is 0 Å². The van der Waals surface area contributed by atoms with Crippen LogP contribution in [0.25, 0.3) is 0 Å². The third kappa shape index (κ3) is 19.2. The molecule has 0 aromatic carbocycles. The van der Waals surface area contributed by atoms with Crippen LogP contribution >= 0.6 is 0 Å². The normalized spacial score (nSPS) is 9.30. The Hall–Kier alpha value is -0.721. The summed E-state index contributed by atoms with van der Waals surface area (Å²) in [7, 11) is 0. The summed E-state index contributed by atoms with van der Waals surface area (Å²) in [6, 6.07) is 0. The van der Waals surface area contributed by atoms with Gasteiger partial charge in [-0.1, -0.05) is 0 Å². The molecule has 0 heterocycles. The molecule has 0 atom stereocenters. The van der Waals surface area contributed by atoms with E-state index in [9.17, 15) is 39.6 Å². The molecule has 0 spiro atoms. The quantitative estimate of drug-likeness (QED) is 0.304. The Bertz CT molecular complexity index is 329. The van der Waals surface area contributed by atoms with Crippen molar-refractivity contribution >= 4 is 23.9 Å². The van der Waals surface area contributed by atoms with Gasteiger partial charge in [-0.15, -0.1) is 0 Å². The molecule has 0 aliphatic rings. The van der Waals surface area contributed by atoms with Crippen molar-refractivity contribution in [3.8, 4) is 0 Å². The van der Waals surface area contributed by atoms with Crippen molar-refractivity contribution in [3.05, 3.63) is 0 Å². The smallest absolute Gasteiger partial charge is 0.549 e. The first kappa shape index (κ1) is 30.2. The first-order valence-corrected chi connectivity index (χ1v) is 5.44. The molecule has 0 fully saturated rings. The summed E-state index contributed by atoms with van der Waals surface area (Å²) in [5.41, 5.74) is 0. The van der Waals surface area contributed by atoms with Crippen molar-refractivity contribution in [2.75, 3.05) is 39.3 Å². The maximum atomic E-state index is 10.4. The van der Waals surface area contributed by atoms with E-state index in [1.807, 2.05) is 0 Å². The van der Waals surface area contributed by atoms with E-state index in [-0.39, 0.29) is 65.2 Å². The fourth-order valence-electron chi connectivity index (χ4n) is 1.44. The molecule has 131 valence electrons. The van der Waals surface area contributed by atoms with Gasteiger partial charge in [-0.2, -0.15) is 0 Å². The molecule has 0 unspecified atom stereocenters. The predicted molar refractivity (Wildman–Crippen MR) is 56.5 cm³/mol. The van der Waals surface area contributed by atoms with Crippen LogP contribution < -0.4 is 50.0 Å². The first-order valence-electron chi connectivity index (χ1n) is 5.44. The van der Waals surface area contributed by atoms with Gasteiger partial charge in [0.2, 0.25) is 0 Å². The van der Waals surface area contributed by atoms with Gasteiger partial charge in [0.05, 0.1) is 23.9 Å². The average Bonchev–Trinajstić information content (AvgIpc) is 2.22. The molecule has 0 aromatic rings. The van der Waals surface area contributed by atoms with Crippen molar-refractivity contribution < 1.29 is 91.7 Å². The zero-order valence-corrected chi connectivity index (χ0v) is 15.1. The number of carboxylic acids is 4.